The van der Waals surface area contributed by atoms with Crippen molar-refractivity contribution in [2.75, 3.05) is 13.3 Å². The Balaban J connectivity index is 2.28. The van der Waals surface area contributed by atoms with Gasteiger partial charge in [-0.25, -0.2) is 0 Å². The van der Waals surface area contributed by atoms with Crippen LogP contribution in [-0.2, 0) is 13.8 Å². The number of hydrogen-bond donors (Lipinski definition) is 1. The van der Waals surface area contributed by atoms with Gasteiger partial charge < -0.3 is 9.84 Å². The average molecular weight is 193 g/mol. The summed E-state index contributed by atoms with van der Waals surface area (Å²) in [5.41, 5.74) is 0. The fraction of sp³-hybridized carbons (Fsp3) is 1.00. The van der Waals surface area contributed by atoms with Crippen LogP contribution in [0.25, 0.3) is 0 Å². The zero-order valence-electron chi connectivity index (χ0n) is 7.27. The zero-order valence-corrected chi connectivity index (χ0v) is 8.16. The number of aliphatic hydroxyl groups is 1. The Morgan fingerprint density at radius 1 is 1.75 bits per heavy atom. The summed E-state index contributed by atoms with van der Waals surface area (Å²) in [6, 6.07) is 0. The monoisotopic (exact) mass is 193 g/mol. The van der Waals surface area contributed by atoms with Crippen molar-refractivity contribution in [1.82, 2.24) is 0 Å². The first kappa shape index (κ1) is 10.1. The molecule has 1 aliphatic heterocycles. The highest BCUT2D eigenvalue weighted by atomic mass is 31.1. The van der Waals surface area contributed by atoms with Gasteiger partial charge in [0.2, 0.25) is 0 Å². The molecule has 1 rings (SSSR count). The molecule has 12 heavy (non-hydrogen) atoms. The van der Waals surface area contributed by atoms with Gasteiger partial charge in [-0.1, -0.05) is 0 Å². The van der Waals surface area contributed by atoms with Gasteiger partial charge in [0.05, 0.1) is 12.2 Å². The molecule has 1 aliphatic rings. The highest BCUT2D eigenvalue weighted by Crippen LogP contribution is 2.23. The van der Waals surface area contributed by atoms with Crippen molar-refractivity contribution in [2.24, 2.45) is 0 Å². The minimum atomic E-state index is -1.59. The summed E-state index contributed by atoms with van der Waals surface area (Å²) in [6.45, 7) is 3.60. The highest BCUT2D eigenvalue weighted by molar-refractivity contribution is 7.38. The molecule has 0 radical (unpaired) electrons. The van der Waals surface area contributed by atoms with Crippen molar-refractivity contribution in [3.63, 3.8) is 0 Å². The van der Waals surface area contributed by atoms with Gasteiger partial charge in [-0.05, 0) is 11.5 Å². The minimum absolute atomic E-state index is 0.0725. The average Bonchev–Trinajstić information content (AvgIpc) is 2.26. The van der Waals surface area contributed by atoms with Crippen LogP contribution in [0, 0.1) is 0 Å². The van der Waals surface area contributed by atoms with E-state index in [1.54, 1.807) is 0 Å². The van der Waals surface area contributed by atoms with Crippen LogP contribution in [0.2, 0.25) is 0 Å². The van der Waals surface area contributed by atoms with Gasteiger partial charge in [-0.2, -0.15) is 0 Å². The third-order valence-corrected chi connectivity index (χ3v) is 2.34. The molecular formula is C7H14O4P+. The molecule has 1 saturated heterocycles. The van der Waals surface area contributed by atoms with Crippen molar-refractivity contribution in [1.29, 1.82) is 0 Å². The van der Waals surface area contributed by atoms with E-state index >= 15 is 0 Å². The number of ether oxygens (including phenoxy) is 1. The minimum Gasteiger partial charge on any atom is -0.390 e. The van der Waals surface area contributed by atoms with E-state index in [0.29, 0.717) is 6.42 Å². The second kappa shape index (κ2) is 4.28. The van der Waals surface area contributed by atoms with Crippen LogP contribution in [-0.4, -0.2) is 36.7 Å². The molecule has 0 bridgehead atoms. The summed E-state index contributed by atoms with van der Waals surface area (Å²) in [7, 11) is -1.59. The number of hydrogen-bond acceptors (Lipinski definition) is 4. The van der Waals surface area contributed by atoms with Crippen LogP contribution < -0.4 is 0 Å². The topological polar surface area (TPSA) is 55.8 Å². The van der Waals surface area contributed by atoms with Crippen LogP contribution in [0.15, 0.2) is 0 Å². The van der Waals surface area contributed by atoms with Crippen LogP contribution in [0.4, 0.5) is 0 Å². The zero-order chi connectivity index (χ0) is 9.14. The molecule has 4 nitrogen and oxygen atoms in total. The van der Waals surface area contributed by atoms with Gasteiger partial charge in [-0.3, -0.25) is 0 Å². The van der Waals surface area contributed by atoms with E-state index in [9.17, 15) is 9.67 Å². The molecule has 0 spiro atoms. The van der Waals surface area contributed by atoms with E-state index in [0.717, 1.165) is 0 Å². The largest absolute Gasteiger partial charge is 0.504 e. The second-order valence-electron chi connectivity index (χ2n) is 3.02. The van der Waals surface area contributed by atoms with E-state index in [4.69, 9.17) is 9.26 Å². The first-order valence-corrected chi connectivity index (χ1v) is 5.59. The molecule has 5 heteroatoms. The number of rotatable bonds is 3. The van der Waals surface area contributed by atoms with Crippen molar-refractivity contribution < 1.29 is 18.9 Å². The summed E-state index contributed by atoms with van der Waals surface area (Å²) in [4.78, 5) is 0. The van der Waals surface area contributed by atoms with E-state index < -0.39 is 14.1 Å². The quantitative estimate of drug-likeness (QED) is 0.677. The van der Waals surface area contributed by atoms with Gasteiger partial charge >= 0.3 is 8.03 Å². The lowest BCUT2D eigenvalue weighted by Gasteiger charge is -2.09. The third kappa shape index (κ3) is 2.79. The van der Waals surface area contributed by atoms with E-state index in [2.05, 4.69) is 0 Å². The first-order valence-electron chi connectivity index (χ1n) is 3.97. The summed E-state index contributed by atoms with van der Waals surface area (Å²) in [6.07, 6.45) is -0.0775. The highest BCUT2D eigenvalue weighted by Gasteiger charge is 2.33. The van der Waals surface area contributed by atoms with Gasteiger partial charge in [0.1, 0.15) is 12.7 Å². The lowest BCUT2D eigenvalue weighted by molar-refractivity contribution is -0.00911. The maximum absolute atomic E-state index is 10.6. The molecule has 0 saturated carbocycles. The molecule has 0 aromatic carbocycles. The van der Waals surface area contributed by atoms with Crippen LogP contribution in [0.5, 0.6) is 0 Å². The maximum atomic E-state index is 10.6. The molecule has 1 heterocycles. The molecule has 0 aliphatic carbocycles. The van der Waals surface area contributed by atoms with Gasteiger partial charge in [0, 0.05) is 6.42 Å². The predicted octanol–water partition coefficient (Wildman–Crippen LogP) is 0.913. The van der Waals surface area contributed by atoms with Crippen molar-refractivity contribution in [3.05, 3.63) is 0 Å². The van der Waals surface area contributed by atoms with Crippen LogP contribution in [0.1, 0.15) is 13.3 Å². The molecule has 4 unspecified atom stereocenters. The predicted molar refractivity (Wildman–Crippen MR) is 44.4 cm³/mol. The van der Waals surface area contributed by atoms with Gasteiger partial charge in [-0.15, -0.1) is 4.52 Å². The molecule has 0 amide bonds. The van der Waals surface area contributed by atoms with Crippen LogP contribution in [0.3, 0.4) is 0 Å². The van der Waals surface area contributed by atoms with Gasteiger partial charge in [0.25, 0.3) is 0 Å². The smallest absolute Gasteiger partial charge is 0.390 e. The normalized spacial score (nSPS) is 36.9. The second-order valence-corrected chi connectivity index (χ2v) is 4.16. The molecule has 1 N–H and O–H groups in total. The molecule has 1 fully saturated rings. The van der Waals surface area contributed by atoms with Crippen molar-refractivity contribution in [2.45, 2.75) is 31.7 Å². The fourth-order valence-electron chi connectivity index (χ4n) is 1.27. The molecule has 4 atom stereocenters. The molecule has 0 aromatic rings. The Morgan fingerprint density at radius 2 is 2.42 bits per heavy atom. The van der Waals surface area contributed by atoms with E-state index in [1.165, 1.54) is 6.66 Å². The van der Waals surface area contributed by atoms with Crippen molar-refractivity contribution in [3.8, 4) is 0 Å². The summed E-state index contributed by atoms with van der Waals surface area (Å²) in [5.74, 6) is 0. The van der Waals surface area contributed by atoms with Gasteiger partial charge in [0.15, 0.2) is 6.66 Å². The standard InChI is InChI=1S/C7H14O4P/c1-5-3-6(8)7(11-5)4-10-12(2)9/h5-8H,3-4H2,1-2H3/q+1. The van der Waals surface area contributed by atoms with Crippen LogP contribution >= 0.6 is 8.03 Å². The Morgan fingerprint density at radius 3 is 2.83 bits per heavy atom. The Bertz CT molecular complexity index is 173. The number of aliphatic hydroxyl groups excluding tert-OH is 1. The Labute approximate surface area is 72.7 Å². The van der Waals surface area contributed by atoms with E-state index in [-0.39, 0.29) is 18.8 Å². The molecular weight excluding hydrogens is 179 g/mol. The lowest BCUT2D eigenvalue weighted by Crippen LogP contribution is -2.25. The molecule has 70 valence electrons. The summed E-state index contributed by atoms with van der Waals surface area (Å²) < 4.78 is 20.8. The fourth-order valence-corrected chi connectivity index (χ4v) is 1.62. The summed E-state index contributed by atoms with van der Waals surface area (Å²) >= 11 is 0. The van der Waals surface area contributed by atoms with Crippen molar-refractivity contribution >= 4 is 8.03 Å². The summed E-state index contributed by atoms with van der Waals surface area (Å²) in [5, 5.41) is 9.37. The Hall–Kier alpha value is -0.0200. The maximum Gasteiger partial charge on any atom is 0.504 e. The Kier molecular flexibility index (Phi) is 3.59. The lowest BCUT2D eigenvalue weighted by atomic mass is 10.1. The van der Waals surface area contributed by atoms with E-state index in [1.807, 2.05) is 6.92 Å². The molecule has 0 aromatic heterocycles. The first-order chi connectivity index (χ1) is 5.59. The third-order valence-electron chi connectivity index (χ3n) is 1.83. The SMILES string of the molecule is CC1CC(O)C(CO[P+](C)=O)O1.